The first-order chi connectivity index (χ1) is 12.6. The van der Waals surface area contributed by atoms with Gasteiger partial charge in [-0.05, 0) is 13.0 Å². The highest BCUT2D eigenvalue weighted by molar-refractivity contribution is 7.99. The predicted molar refractivity (Wildman–Crippen MR) is 103 cm³/mol. The summed E-state index contributed by atoms with van der Waals surface area (Å²) in [5.41, 5.74) is 0.909. The van der Waals surface area contributed by atoms with E-state index in [4.69, 9.17) is 0 Å². The van der Waals surface area contributed by atoms with Crippen LogP contribution in [0.3, 0.4) is 0 Å². The quantitative estimate of drug-likeness (QED) is 0.743. The molecule has 3 heterocycles. The number of anilines is 1. The lowest BCUT2D eigenvalue weighted by Gasteiger charge is -2.22. The second kappa shape index (κ2) is 7.08. The van der Waals surface area contributed by atoms with Crippen LogP contribution in [0.1, 0.15) is 4.88 Å². The second-order valence-electron chi connectivity index (χ2n) is 6.01. The molecule has 1 atom stereocenters. The van der Waals surface area contributed by atoms with Crippen molar-refractivity contribution in [2.75, 3.05) is 16.9 Å². The molecule has 1 N–H and O–H groups in total. The lowest BCUT2D eigenvalue weighted by molar-refractivity contribution is -0.136. The summed E-state index contributed by atoms with van der Waals surface area (Å²) in [6.45, 7) is 2.05. The van der Waals surface area contributed by atoms with E-state index in [1.807, 2.05) is 31.2 Å². The smallest absolute Gasteiger partial charge is 0.249 e. The van der Waals surface area contributed by atoms with Gasteiger partial charge in [-0.1, -0.05) is 18.2 Å². The first kappa shape index (κ1) is 17.0. The molecule has 0 radical (unpaired) electrons. The van der Waals surface area contributed by atoms with Crippen LogP contribution in [0.25, 0.3) is 10.9 Å². The van der Waals surface area contributed by atoms with Crippen molar-refractivity contribution in [2.24, 2.45) is 0 Å². The molecule has 1 unspecified atom stereocenters. The van der Waals surface area contributed by atoms with Crippen molar-refractivity contribution in [3.8, 4) is 0 Å². The van der Waals surface area contributed by atoms with E-state index < -0.39 is 6.04 Å². The highest BCUT2D eigenvalue weighted by Gasteiger charge is 2.35. The van der Waals surface area contributed by atoms with Crippen molar-refractivity contribution in [3.05, 3.63) is 41.5 Å². The summed E-state index contributed by atoms with van der Waals surface area (Å²) in [7, 11) is 0. The standard InChI is InChI=1S/C17H17N5O2S2/c1-11-6-18-17(26-11)20-16(24)14-9-25-10-21(14)15(23)8-22-13-5-3-2-4-12(13)7-19-22/h2-7,14H,8-10H2,1H3,(H,18,20,24). The number of thioether (sulfide) groups is 1. The van der Waals surface area contributed by atoms with Gasteiger partial charge in [-0.2, -0.15) is 5.10 Å². The van der Waals surface area contributed by atoms with E-state index >= 15 is 0 Å². The molecule has 26 heavy (non-hydrogen) atoms. The van der Waals surface area contributed by atoms with Crippen LogP contribution in [0.4, 0.5) is 5.13 Å². The lowest BCUT2D eigenvalue weighted by atomic mass is 10.2. The Morgan fingerprint density at radius 3 is 2.96 bits per heavy atom. The highest BCUT2D eigenvalue weighted by Crippen LogP contribution is 2.24. The van der Waals surface area contributed by atoms with E-state index in [1.165, 1.54) is 11.3 Å². The Labute approximate surface area is 158 Å². The number of nitrogens with zero attached hydrogens (tertiary/aromatic N) is 4. The molecule has 3 aromatic rings. The number of hydrogen-bond donors (Lipinski definition) is 1. The molecule has 0 spiro atoms. The van der Waals surface area contributed by atoms with Crippen molar-refractivity contribution in [3.63, 3.8) is 0 Å². The zero-order valence-electron chi connectivity index (χ0n) is 14.1. The molecule has 1 saturated heterocycles. The summed E-state index contributed by atoms with van der Waals surface area (Å²) in [5.74, 6) is 0.789. The molecular weight excluding hydrogens is 370 g/mol. The number of benzene rings is 1. The molecule has 7 nitrogen and oxygen atoms in total. The van der Waals surface area contributed by atoms with Crippen LogP contribution in [-0.2, 0) is 16.1 Å². The summed E-state index contributed by atoms with van der Waals surface area (Å²) in [5, 5.41) is 8.67. The number of thiazole rings is 1. The van der Waals surface area contributed by atoms with E-state index in [2.05, 4.69) is 15.4 Å². The van der Waals surface area contributed by atoms with Crippen molar-refractivity contribution >= 4 is 50.9 Å². The average molecular weight is 387 g/mol. The zero-order valence-corrected chi connectivity index (χ0v) is 15.7. The monoisotopic (exact) mass is 387 g/mol. The molecule has 1 fully saturated rings. The summed E-state index contributed by atoms with van der Waals surface area (Å²) in [6.07, 6.45) is 3.46. The molecule has 2 amide bonds. The van der Waals surface area contributed by atoms with Gasteiger partial charge in [0, 0.05) is 22.2 Å². The molecule has 134 valence electrons. The molecular formula is C17H17N5O2S2. The fourth-order valence-electron chi connectivity index (χ4n) is 2.88. The van der Waals surface area contributed by atoms with Crippen LogP contribution >= 0.6 is 23.1 Å². The average Bonchev–Trinajstić information content (AvgIpc) is 3.35. The Bertz CT molecular complexity index is 967. The Morgan fingerprint density at radius 1 is 1.31 bits per heavy atom. The number of hydrogen-bond acceptors (Lipinski definition) is 6. The number of aryl methyl sites for hydroxylation is 1. The Balaban J connectivity index is 1.47. The van der Waals surface area contributed by atoms with E-state index in [9.17, 15) is 9.59 Å². The topological polar surface area (TPSA) is 80.1 Å². The first-order valence-corrected chi connectivity index (χ1v) is 10.1. The number of nitrogens with one attached hydrogen (secondary N) is 1. The minimum absolute atomic E-state index is 0.112. The molecule has 0 aliphatic carbocycles. The van der Waals surface area contributed by atoms with Gasteiger partial charge in [-0.3, -0.25) is 14.3 Å². The fraction of sp³-hybridized carbons (Fsp3) is 0.294. The highest BCUT2D eigenvalue weighted by atomic mass is 32.2. The van der Waals surface area contributed by atoms with Gasteiger partial charge < -0.3 is 10.2 Å². The van der Waals surface area contributed by atoms with E-state index in [-0.39, 0.29) is 18.4 Å². The normalized spacial score (nSPS) is 17.0. The predicted octanol–water partition coefficient (Wildman–Crippen LogP) is 2.34. The van der Waals surface area contributed by atoms with Gasteiger partial charge in [0.05, 0.1) is 17.6 Å². The van der Waals surface area contributed by atoms with Crippen LogP contribution in [0, 0.1) is 6.92 Å². The summed E-state index contributed by atoms with van der Waals surface area (Å²) in [6, 6.07) is 7.26. The molecule has 9 heteroatoms. The SMILES string of the molecule is Cc1cnc(NC(=O)C2CSCN2C(=O)Cn2ncc3ccccc32)s1. The number of carbonyl (C=O) groups is 2. The van der Waals surface area contributed by atoms with Crippen LogP contribution in [-0.4, -0.2) is 49.2 Å². The summed E-state index contributed by atoms with van der Waals surface area (Å²) < 4.78 is 1.68. The van der Waals surface area contributed by atoms with Crippen molar-refractivity contribution < 1.29 is 9.59 Å². The second-order valence-corrected chi connectivity index (χ2v) is 8.24. The van der Waals surface area contributed by atoms with Crippen molar-refractivity contribution in [1.82, 2.24) is 19.7 Å². The minimum Gasteiger partial charge on any atom is -0.319 e. The minimum atomic E-state index is -0.487. The molecule has 1 aromatic carbocycles. The maximum Gasteiger partial charge on any atom is 0.249 e. The molecule has 0 saturated carbocycles. The summed E-state index contributed by atoms with van der Waals surface area (Å²) >= 11 is 3.00. The van der Waals surface area contributed by atoms with E-state index in [0.717, 1.165) is 15.8 Å². The van der Waals surface area contributed by atoms with Gasteiger partial charge in [0.2, 0.25) is 11.8 Å². The lowest BCUT2D eigenvalue weighted by Crippen LogP contribution is -2.45. The van der Waals surface area contributed by atoms with Crippen LogP contribution in [0.5, 0.6) is 0 Å². The van der Waals surface area contributed by atoms with Crippen molar-refractivity contribution in [1.29, 1.82) is 0 Å². The van der Waals surface area contributed by atoms with Crippen LogP contribution < -0.4 is 5.32 Å². The maximum atomic E-state index is 12.8. The van der Waals surface area contributed by atoms with E-state index in [0.29, 0.717) is 16.8 Å². The maximum absolute atomic E-state index is 12.8. The molecule has 1 aliphatic rings. The van der Waals surface area contributed by atoms with Crippen molar-refractivity contribution in [2.45, 2.75) is 19.5 Å². The molecule has 2 aromatic heterocycles. The third kappa shape index (κ3) is 3.32. The van der Waals surface area contributed by atoms with Gasteiger partial charge in [-0.25, -0.2) is 4.98 Å². The van der Waals surface area contributed by atoms with Crippen LogP contribution in [0.15, 0.2) is 36.7 Å². The third-order valence-corrected chi connectivity index (χ3v) is 6.03. The number of carbonyl (C=O) groups excluding carboxylic acids is 2. The number of para-hydroxylation sites is 1. The number of aromatic nitrogens is 3. The van der Waals surface area contributed by atoms with Gasteiger partial charge >= 0.3 is 0 Å². The molecule has 0 bridgehead atoms. The number of amides is 2. The first-order valence-electron chi connectivity index (χ1n) is 8.13. The van der Waals surface area contributed by atoms with Crippen LogP contribution in [0.2, 0.25) is 0 Å². The largest absolute Gasteiger partial charge is 0.319 e. The van der Waals surface area contributed by atoms with Gasteiger partial charge in [-0.15, -0.1) is 23.1 Å². The zero-order chi connectivity index (χ0) is 18.1. The van der Waals surface area contributed by atoms with Gasteiger partial charge in [0.1, 0.15) is 12.6 Å². The number of rotatable bonds is 4. The summed E-state index contributed by atoms with van der Waals surface area (Å²) in [4.78, 5) is 32.2. The Morgan fingerprint density at radius 2 is 2.15 bits per heavy atom. The Kier molecular flexibility index (Phi) is 4.64. The third-order valence-electron chi connectivity index (χ3n) is 4.19. The molecule has 1 aliphatic heterocycles. The van der Waals surface area contributed by atoms with Gasteiger partial charge in [0.15, 0.2) is 5.13 Å². The number of fused-ring (bicyclic) bond motifs is 1. The Hall–Kier alpha value is -2.39. The van der Waals surface area contributed by atoms with E-state index in [1.54, 1.807) is 33.7 Å². The van der Waals surface area contributed by atoms with Gasteiger partial charge in [0.25, 0.3) is 0 Å². The molecule has 4 rings (SSSR count). The fourth-order valence-corrected chi connectivity index (χ4v) is 4.73.